The third-order valence-electron chi connectivity index (χ3n) is 3.15. The van der Waals surface area contributed by atoms with Crippen LogP contribution in [0.4, 0.5) is 0 Å². The molecule has 1 aliphatic rings. The van der Waals surface area contributed by atoms with Crippen molar-refractivity contribution in [3.05, 3.63) is 24.3 Å². The molecule has 0 spiro atoms. The monoisotopic (exact) mass is 281 g/mol. The van der Waals surface area contributed by atoms with Gasteiger partial charge in [-0.1, -0.05) is 0 Å². The van der Waals surface area contributed by atoms with Gasteiger partial charge >= 0.3 is 0 Å². The molecule has 0 aromatic heterocycles. The molecule has 2 rings (SSSR count). The van der Waals surface area contributed by atoms with Gasteiger partial charge in [0.1, 0.15) is 24.2 Å². The molecule has 1 aromatic carbocycles. The summed E-state index contributed by atoms with van der Waals surface area (Å²) >= 11 is 0. The highest BCUT2D eigenvalue weighted by atomic mass is 16.5. The van der Waals surface area contributed by atoms with E-state index in [1.807, 2.05) is 31.2 Å². The number of rotatable bonds is 7. The second-order valence-electron chi connectivity index (χ2n) is 4.78. The summed E-state index contributed by atoms with van der Waals surface area (Å²) in [5.41, 5.74) is 0. The minimum absolute atomic E-state index is 0.297. The Morgan fingerprint density at radius 3 is 2.35 bits per heavy atom. The highest BCUT2D eigenvalue weighted by Gasteiger charge is 2.15. The first-order valence-corrected chi connectivity index (χ1v) is 7.11. The van der Waals surface area contributed by atoms with E-state index >= 15 is 0 Å². The van der Waals surface area contributed by atoms with Gasteiger partial charge in [-0.2, -0.15) is 0 Å². The Bertz CT molecular complexity index is 376. The van der Waals surface area contributed by atoms with E-state index in [9.17, 15) is 5.11 Å². The lowest BCUT2D eigenvalue weighted by Gasteiger charge is -2.28. The number of β-amino-alcohol motifs (C(OH)–C–C–N with tert-alkyl or cyclic N) is 1. The number of ether oxygens (including phenoxy) is 3. The quantitative estimate of drug-likeness (QED) is 0.813. The molecular weight excluding hydrogens is 258 g/mol. The second kappa shape index (κ2) is 8.09. The molecule has 1 aromatic rings. The molecule has 112 valence electrons. The van der Waals surface area contributed by atoms with Crippen LogP contribution in [0.25, 0.3) is 0 Å². The fourth-order valence-electron chi connectivity index (χ4n) is 2.13. The second-order valence-corrected chi connectivity index (χ2v) is 4.78. The van der Waals surface area contributed by atoms with Gasteiger partial charge in [-0.15, -0.1) is 0 Å². The fourth-order valence-corrected chi connectivity index (χ4v) is 2.13. The SMILES string of the molecule is CCOc1ccc(OC[C@H](O)CN2CCOCC2)cc1. The molecule has 1 aliphatic heterocycles. The number of benzene rings is 1. The summed E-state index contributed by atoms with van der Waals surface area (Å²) in [5, 5.41) is 9.97. The van der Waals surface area contributed by atoms with Crippen LogP contribution < -0.4 is 9.47 Å². The van der Waals surface area contributed by atoms with Crippen LogP contribution in [0.2, 0.25) is 0 Å². The van der Waals surface area contributed by atoms with E-state index in [1.54, 1.807) is 0 Å². The molecule has 0 unspecified atom stereocenters. The van der Waals surface area contributed by atoms with E-state index in [0.29, 0.717) is 19.8 Å². The maximum atomic E-state index is 9.97. The number of aliphatic hydroxyl groups excluding tert-OH is 1. The molecule has 20 heavy (non-hydrogen) atoms. The molecule has 0 radical (unpaired) electrons. The lowest BCUT2D eigenvalue weighted by atomic mass is 10.3. The summed E-state index contributed by atoms with van der Waals surface area (Å²) in [6.07, 6.45) is -0.486. The van der Waals surface area contributed by atoms with E-state index in [0.717, 1.165) is 37.8 Å². The molecule has 0 aliphatic carbocycles. The predicted octanol–water partition coefficient (Wildman–Crippen LogP) is 1.16. The van der Waals surface area contributed by atoms with Crippen molar-refractivity contribution < 1.29 is 19.3 Å². The number of aliphatic hydroxyl groups is 1. The average molecular weight is 281 g/mol. The van der Waals surface area contributed by atoms with Crippen LogP contribution in [0.1, 0.15) is 6.92 Å². The van der Waals surface area contributed by atoms with Gasteiger partial charge in [-0.05, 0) is 31.2 Å². The van der Waals surface area contributed by atoms with Gasteiger partial charge in [0.2, 0.25) is 0 Å². The fraction of sp³-hybridized carbons (Fsp3) is 0.600. The van der Waals surface area contributed by atoms with Crippen LogP contribution in [0.15, 0.2) is 24.3 Å². The van der Waals surface area contributed by atoms with Gasteiger partial charge < -0.3 is 19.3 Å². The van der Waals surface area contributed by atoms with Crippen LogP contribution in [-0.4, -0.2) is 62.2 Å². The summed E-state index contributed by atoms with van der Waals surface area (Å²) in [6.45, 7) is 6.76. The summed E-state index contributed by atoms with van der Waals surface area (Å²) in [5.74, 6) is 1.57. The van der Waals surface area contributed by atoms with Crippen molar-refractivity contribution in [1.29, 1.82) is 0 Å². The lowest BCUT2D eigenvalue weighted by molar-refractivity contribution is 0.00465. The lowest BCUT2D eigenvalue weighted by Crippen LogP contribution is -2.42. The van der Waals surface area contributed by atoms with Crippen LogP contribution in [0, 0.1) is 0 Å². The Hall–Kier alpha value is -1.30. The molecule has 1 saturated heterocycles. The Morgan fingerprint density at radius 1 is 1.15 bits per heavy atom. The molecule has 1 fully saturated rings. The molecule has 0 amide bonds. The predicted molar refractivity (Wildman–Crippen MR) is 76.4 cm³/mol. The standard InChI is InChI=1S/C15H23NO4/c1-2-19-14-3-5-15(6-4-14)20-12-13(17)11-16-7-9-18-10-8-16/h3-6,13,17H,2,7-12H2,1H3/t13-/m1/s1. The van der Waals surface area contributed by atoms with Gasteiger partial charge in [0, 0.05) is 19.6 Å². The normalized spacial score (nSPS) is 17.7. The van der Waals surface area contributed by atoms with Gasteiger partial charge in [-0.3, -0.25) is 4.90 Å². The largest absolute Gasteiger partial charge is 0.494 e. The summed E-state index contributed by atoms with van der Waals surface area (Å²) in [4.78, 5) is 2.19. The van der Waals surface area contributed by atoms with Crippen LogP contribution in [-0.2, 0) is 4.74 Å². The molecule has 0 bridgehead atoms. The van der Waals surface area contributed by atoms with E-state index in [-0.39, 0.29) is 0 Å². The molecule has 1 heterocycles. The molecule has 0 saturated carbocycles. The Labute approximate surface area is 120 Å². The molecule has 1 N–H and O–H groups in total. The van der Waals surface area contributed by atoms with Gasteiger partial charge in [0.15, 0.2) is 0 Å². The maximum absolute atomic E-state index is 9.97. The van der Waals surface area contributed by atoms with E-state index in [4.69, 9.17) is 14.2 Å². The molecular formula is C15H23NO4. The van der Waals surface area contributed by atoms with Crippen molar-refractivity contribution in [2.45, 2.75) is 13.0 Å². The van der Waals surface area contributed by atoms with Crippen LogP contribution in [0.3, 0.4) is 0 Å². The first-order chi connectivity index (χ1) is 9.78. The van der Waals surface area contributed by atoms with Crippen molar-refractivity contribution in [3.63, 3.8) is 0 Å². The number of hydrogen-bond acceptors (Lipinski definition) is 5. The van der Waals surface area contributed by atoms with Crippen LogP contribution in [0.5, 0.6) is 11.5 Å². The number of nitrogens with zero attached hydrogens (tertiary/aromatic N) is 1. The third kappa shape index (κ3) is 5.00. The minimum atomic E-state index is -0.486. The Kier molecular flexibility index (Phi) is 6.11. The van der Waals surface area contributed by atoms with Gasteiger partial charge in [-0.25, -0.2) is 0 Å². The Morgan fingerprint density at radius 2 is 1.75 bits per heavy atom. The van der Waals surface area contributed by atoms with Crippen molar-refractivity contribution >= 4 is 0 Å². The van der Waals surface area contributed by atoms with E-state index in [1.165, 1.54) is 0 Å². The van der Waals surface area contributed by atoms with Crippen molar-refractivity contribution in [2.24, 2.45) is 0 Å². The third-order valence-corrected chi connectivity index (χ3v) is 3.15. The first kappa shape index (κ1) is 15.1. The topological polar surface area (TPSA) is 51.2 Å². The van der Waals surface area contributed by atoms with Gasteiger partial charge in [0.25, 0.3) is 0 Å². The zero-order chi connectivity index (χ0) is 14.2. The van der Waals surface area contributed by atoms with Gasteiger partial charge in [0.05, 0.1) is 19.8 Å². The molecule has 5 heteroatoms. The highest BCUT2D eigenvalue weighted by molar-refractivity contribution is 5.31. The van der Waals surface area contributed by atoms with Crippen molar-refractivity contribution in [3.8, 4) is 11.5 Å². The minimum Gasteiger partial charge on any atom is -0.494 e. The Balaban J connectivity index is 1.70. The molecule has 5 nitrogen and oxygen atoms in total. The van der Waals surface area contributed by atoms with Crippen molar-refractivity contribution in [1.82, 2.24) is 4.90 Å². The van der Waals surface area contributed by atoms with E-state index < -0.39 is 6.10 Å². The zero-order valence-electron chi connectivity index (χ0n) is 12.0. The number of morpholine rings is 1. The highest BCUT2D eigenvalue weighted by Crippen LogP contribution is 2.17. The molecule has 1 atom stereocenters. The van der Waals surface area contributed by atoms with Crippen LogP contribution >= 0.6 is 0 Å². The maximum Gasteiger partial charge on any atom is 0.119 e. The average Bonchev–Trinajstić information content (AvgIpc) is 2.48. The summed E-state index contributed by atoms with van der Waals surface area (Å²) in [7, 11) is 0. The van der Waals surface area contributed by atoms with Crippen molar-refractivity contribution in [2.75, 3.05) is 46.1 Å². The summed E-state index contributed by atoms with van der Waals surface area (Å²) in [6, 6.07) is 7.44. The first-order valence-electron chi connectivity index (χ1n) is 7.11. The smallest absolute Gasteiger partial charge is 0.119 e. The number of hydrogen-bond donors (Lipinski definition) is 1. The zero-order valence-corrected chi connectivity index (χ0v) is 12.0. The van der Waals surface area contributed by atoms with E-state index in [2.05, 4.69) is 4.90 Å². The summed E-state index contributed by atoms with van der Waals surface area (Å²) < 4.78 is 16.2.